The molecule has 2 aromatic rings. The zero-order valence-electron chi connectivity index (χ0n) is 10.0. The van der Waals surface area contributed by atoms with E-state index >= 15 is 0 Å². The van der Waals surface area contributed by atoms with Crippen molar-refractivity contribution >= 4 is 11.6 Å². The average Bonchev–Trinajstić information content (AvgIpc) is 2.38. The van der Waals surface area contributed by atoms with Crippen LogP contribution in [0.5, 0.6) is 5.75 Å². The number of hydrogen-bond donors (Lipinski definition) is 2. The Labute approximate surface area is 106 Å². The van der Waals surface area contributed by atoms with Gasteiger partial charge in [-0.25, -0.2) is 4.98 Å². The second kappa shape index (κ2) is 4.22. The number of nitrogens with two attached hydrogens (primary N) is 2. The Hall–Kier alpha value is -2.23. The first kappa shape index (κ1) is 10.9. The van der Waals surface area contributed by atoms with Gasteiger partial charge in [0, 0.05) is 11.1 Å². The van der Waals surface area contributed by atoms with Crippen LogP contribution in [0.2, 0.25) is 0 Å². The molecule has 0 unspecified atom stereocenters. The number of anilines is 2. The van der Waals surface area contributed by atoms with Crippen molar-refractivity contribution in [2.75, 3.05) is 18.1 Å². The van der Waals surface area contributed by atoms with Gasteiger partial charge >= 0.3 is 0 Å². The molecule has 1 aromatic carbocycles. The number of fused-ring (bicyclic) bond motifs is 1. The van der Waals surface area contributed by atoms with Crippen LogP contribution in [0.25, 0.3) is 11.1 Å². The lowest BCUT2D eigenvalue weighted by molar-refractivity contribution is 0.289. The molecule has 0 radical (unpaired) electrons. The summed E-state index contributed by atoms with van der Waals surface area (Å²) >= 11 is 0. The molecule has 0 fully saturated rings. The van der Waals surface area contributed by atoms with Gasteiger partial charge in [0.05, 0.1) is 6.61 Å². The molecule has 1 aromatic heterocycles. The van der Waals surface area contributed by atoms with Crippen LogP contribution in [0.4, 0.5) is 11.6 Å². The summed E-state index contributed by atoms with van der Waals surface area (Å²) in [6, 6.07) is 9.78. The van der Waals surface area contributed by atoms with E-state index in [0.29, 0.717) is 11.6 Å². The number of para-hydroxylation sites is 1. The zero-order chi connectivity index (χ0) is 12.5. The average molecular weight is 241 g/mol. The molecule has 3 rings (SSSR count). The van der Waals surface area contributed by atoms with Crippen LogP contribution in [0, 0.1) is 0 Å². The van der Waals surface area contributed by atoms with E-state index in [-0.39, 0.29) is 0 Å². The summed E-state index contributed by atoms with van der Waals surface area (Å²) < 4.78 is 5.78. The van der Waals surface area contributed by atoms with Crippen molar-refractivity contribution in [3.05, 3.63) is 35.9 Å². The van der Waals surface area contributed by atoms with Crippen molar-refractivity contribution in [2.45, 2.75) is 12.8 Å². The monoisotopic (exact) mass is 241 g/mol. The van der Waals surface area contributed by atoms with Crippen LogP contribution < -0.4 is 16.2 Å². The highest BCUT2D eigenvalue weighted by atomic mass is 16.5. The zero-order valence-corrected chi connectivity index (χ0v) is 10.0. The number of rotatable bonds is 1. The highest BCUT2D eigenvalue weighted by Crippen LogP contribution is 2.38. The van der Waals surface area contributed by atoms with Gasteiger partial charge in [-0.1, -0.05) is 18.2 Å². The van der Waals surface area contributed by atoms with Gasteiger partial charge in [0.25, 0.3) is 0 Å². The Morgan fingerprint density at radius 3 is 2.78 bits per heavy atom. The maximum absolute atomic E-state index is 5.94. The van der Waals surface area contributed by atoms with Gasteiger partial charge < -0.3 is 16.2 Å². The Balaban J connectivity index is 2.17. The lowest BCUT2D eigenvalue weighted by atomic mass is 9.98. The smallest absolute Gasteiger partial charge is 0.133 e. The van der Waals surface area contributed by atoms with Crippen molar-refractivity contribution < 1.29 is 4.74 Å². The third kappa shape index (κ3) is 1.76. The molecule has 4 nitrogen and oxygen atoms in total. The minimum atomic E-state index is 0.432. The second-order valence-corrected chi connectivity index (χ2v) is 4.41. The molecule has 18 heavy (non-hydrogen) atoms. The summed E-state index contributed by atoms with van der Waals surface area (Å²) in [7, 11) is 0. The third-order valence-electron chi connectivity index (χ3n) is 3.17. The number of benzene rings is 1. The van der Waals surface area contributed by atoms with Crippen LogP contribution in [0.3, 0.4) is 0 Å². The molecule has 0 spiro atoms. The Morgan fingerprint density at radius 2 is 1.94 bits per heavy atom. The topological polar surface area (TPSA) is 74.2 Å². The van der Waals surface area contributed by atoms with Crippen molar-refractivity contribution in [2.24, 2.45) is 0 Å². The molecule has 0 amide bonds. The summed E-state index contributed by atoms with van der Waals surface area (Å²) in [6.45, 7) is 0.756. The molecule has 0 bridgehead atoms. The van der Waals surface area contributed by atoms with E-state index in [1.54, 1.807) is 6.07 Å². The van der Waals surface area contributed by atoms with Crippen LogP contribution in [-0.2, 0) is 6.42 Å². The van der Waals surface area contributed by atoms with Crippen LogP contribution in [0.15, 0.2) is 30.3 Å². The molecule has 0 saturated carbocycles. The minimum absolute atomic E-state index is 0.432. The highest BCUT2D eigenvalue weighted by molar-refractivity contribution is 5.80. The van der Waals surface area contributed by atoms with Crippen molar-refractivity contribution in [3.8, 4) is 16.9 Å². The van der Waals surface area contributed by atoms with E-state index in [2.05, 4.69) is 11.1 Å². The molecular formula is C14H15N3O. The van der Waals surface area contributed by atoms with E-state index in [0.717, 1.165) is 36.3 Å². The van der Waals surface area contributed by atoms with Gasteiger partial charge in [-0.2, -0.15) is 0 Å². The molecule has 0 atom stereocenters. The van der Waals surface area contributed by atoms with Crippen LogP contribution in [0.1, 0.15) is 12.0 Å². The maximum Gasteiger partial charge on any atom is 0.133 e. The van der Waals surface area contributed by atoms with Crippen molar-refractivity contribution in [1.82, 2.24) is 4.98 Å². The first-order valence-corrected chi connectivity index (χ1v) is 6.03. The number of ether oxygens (including phenoxy) is 1. The Bertz CT molecular complexity index is 596. The number of nitrogen functional groups attached to an aromatic ring is 2. The molecule has 1 aliphatic rings. The molecule has 0 aliphatic carbocycles. The molecule has 92 valence electrons. The van der Waals surface area contributed by atoms with Gasteiger partial charge in [0.1, 0.15) is 17.4 Å². The number of aromatic nitrogens is 1. The number of pyridine rings is 1. The lowest BCUT2D eigenvalue weighted by Crippen LogP contribution is -2.09. The van der Waals surface area contributed by atoms with Gasteiger partial charge in [-0.05, 0) is 30.5 Å². The lowest BCUT2D eigenvalue weighted by Gasteiger charge is -2.20. The van der Waals surface area contributed by atoms with Crippen LogP contribution >= 0.6 is 0 Å². The van der Waals surface area contributed by atoms with E-state index in [9.17, 15) is 0 Å². The summed E-state index contributed by atoms with van der Waals surface area (Å²) in [6.07, 6.45) is 2.11. The van der Waals surface area contributed by atoms with Gasteiger partial charge in [0.2, 0.25) is 0 Å². The van der Waals surface area contributed by atoms with Gasteiger partial charge in [0.15, 0.2) is 0 Å². The van der Waals surface area contributed by atoms with E-state index < -0.39 is 0 Å². The summed E-state index contributed by atoms with van der Waals surface area (Å²) in [5.41, 5.74) is 14.7. The first-order chi connectivity index (χ1) is 8.75. The van der Waals surface area contributed by atoms with E-state index in [4.69, 9.17) is 16.2 Å². The Morgan fingerprint density at radius 1 is 1.06 bits per heavy atom. The molecular weight excluding hydrogens is 226 g/mol. The van der Waals surface area contributed by atoms with E-state index in [1.165, 1.54) is 5.56 Å². The fourth-order valence-corrected chi connectivity index (χ4v) is 2.32. The predicted molar refractivity (Wildman–Crippen MR) is 72.3 cm³/mol. The van der Waals surface area contributed by atoms with Gasteiger partial charge in [-0.15, -0.1) is 0 Å². The first-order valence-electron chi connectivity index (χ1n) is 6.03. The summed E-state index contributed by atoms with van der Waals surface area (Å²) in [4.78, 5) is 4.10. The highest BCUT2D eigenvalue weighted by Gasteiger charge is 2.17. The van der Waals surface area contributed by atoms with Crippen LogP contribution in [-0.4, -0.2) is 11.6 Å². The van der Waals surface area contributed by atoms with Gasteiger partial charge in [-0.3, -0.25) is 0 Å². The summed E-state index contributed by atoms with van der Waals surface area (Å²) in [5, 5.41) is 0. The standard InChI is InChI=1S/C14H15N3O/c15-12-7-6-11(14(16)17-12)10-5-1-3-9-4-2-8-18-13(9)10/h1,3,5-7H,2,4,8H2,(H4,15,16,17). The largest absolute Gasteiger partial charge is 0.493 e. The van der Waals surface area contributed by atoms with Crippen molar-refractivity contribution in [3.63, 3.8) is 0 Å². The molecule has 4 heteroatoms. The predicted octanol–water partition coefficient (Wildman–Crippen LogP) is 2.24. The minimum Gasteiger partial charge on any atom is -0.493 e. The quantitative estimate of drug-likeness (QED) is 0.803. The Kier molecular flexibility index (Phi) is 2.55. The maximum atomic E-state index is 5.94. The molecule has 4 N–H and O–H groups in total. The molecule has 2 heterocycles. The third-order valence-corrected chi connectivity index (χ3v) is 3.17. The molecule has 0 saturated heterocycles. The number of nitrogens with zero attached hydrogens (tertiary/aromatic N) is 1. The fourth-order valence-electron chi connectivity index (χ4n) is 2.32. The molecule has 1 aliphatic heterocycles. The number of hydrogen-bond acceptors (Lipinski definition) is 4. The second-order valence-electron chi connectivity index (χ2n) is 4.41. The summed E-state index contributed by atoms with van der Waals surface area (Å²) in [5.74, 6) is 1.81. The van der Waals surface area contributed by atoms with E-state index in [1.807, 2.05) is 18.2 Å². The fraction of sp³-hybridized carbons (Fsp3) is 0.214. The number of aryl methyl sites for hydroxylation is 1. The van der Waals surface area contributed by atoms with Crippen molar-refractivity contribution in [1.29, 1.82) is 0 Å². The normalized spacial score (nSPS) is 13.8. The SMILES string of the molecule is Nc1ccc(-c2cccc3c2OCCC3)c(N)n1.